The molecule has 1 heterocycles. The molecular formula is C16H12NO2S. The van der Waals surface area contributed by atoms with E-state index >= 15 is 0 Å². The minimum Gasteiger partial charge on any atom is -0.253 e. The summed E-state index contributed by atoms with van der Waals surface area (Å²) >= 11 is 0. The standard InChI is InChI=1S/C16H12NO2S/c1-2-12-20(18,19)16-8-4-3-7-15(16)10-9-14-6-5-11-17-13-14/h2-8,11H,1,12H2. The fraction of sp³-hybridized carbons (Fsp3) is 0.0625. The summed E-state index contributed by atoms with van der Waals surface area (Å²) in [7, 11) is -3.39. The van der Waals surface area contributed by atoms with Gasteiger partial charge in [0.2, 0.25) is 0 Å². The fourth-order valence-electron chi connectivity index (χ4n) is 1.62. The van der Waals surface area contributed by atoms with Crippen LogP contribution in [0.3, 0.4) is 0 Å². The molecule has 1 aromatic carbocycles. The number of pyridine rings is 1. The first-order chi connectivity index (χ1) is 9.63. The van der Waals surface area contributed by atoms with E-state index in [2.05, 4.69) is 29.6 Å². The Morgan fingerprint density at radius 1 is 1.20 bits per heavy atom. The third-order valence-electron chi connectivity index (χ3n) is 2.50. The van der Waals surface area contributed by atoms with Gasteiger partial charge in [-0.05, 0) is 24.3 Å². The molecule has 2 aromatic rings. The zero-order valence-corrected chi connectivity index (χ0v) is 11.5. The van der Waals surface area contributed by atoms with Crippen molar-refractivity contribution in [3.63, 3.8) is 0 Å². The average Bonchev–Trinajstić information content (AvgIpc) is 2.46. The van der Waals surface area contributed by atoms with Crippen molar-refractivity contribution in [3.05, 3.63) is 72.6 Å². The smallest absolute Gasteiger partial charge is 0.183 e. The zero-order chi connectivity index (χ0) is 14.4. The lowest BCUT2D eigenvalue weighted by Crippen LogP contribution is -2.06. The molecule has 0 atom stereocenters. The van der Waals surface area contributed by atoms with Crippen molar-refractivity contribution >= 4 is 9.84 Å². The molecule has 0 bridgehead atoms. The van der Waals surface area contributed by atoms with Crippen LogP contribution >= 0.6 is 0 Å². The highest BCUT2D eigenvalue weighted by molar-refractivity contribution is 7.91. The lowest BCUT2D eigenvalue weighted by atomic mass is 10.2. The number of hydrogen-bond acceptors (Lipinski definition) is 3. The van der Waals surface area contributed by atoms with Crippen molar-refractivity contribution in [2.45, 2.75) is 4.90 Å². The van der Waals surface area contributed by atoms with Crippen LogP contribution in [0.4, 0.5) is 0 Å². The van der Waals surface area contributed by atoms with Crippen molar-refractivity contribution in [1.29, 1.82) is 0 Å². The van der Waals surface area contributed by atoms with Crippen LogP contribution < -0.4 is 0 Å². The van der Waals surface area contributed by atoms with Crippen LogP contribution in [0.5, 0.6) is 0 Å². The van der Waals surface area contributed by atoms with Gasteiger partial charge in [-0.3, -0.25) is 4.98 Å². The molecule has 0 saturated carbocycles. The second-order valence-corrected chi connectivity index (χ2v) is 5.98. The first-order valence-electron chi connectivity index (χ1n) is 5.91. The predicted octanol–water partition coefficient (Wildman–Crippen LogP) is 2.24. The summed E-state index contributed by atoms with van der Waals surface area (Å²) in [6, 6.07) is 10.2. The maximum absolute atomic E-state index is 12.1. The molecule has 1 aromatic heterocycles. The van der Waals surface area contributed by atoms with Crippen molar-refractivity contribution in [2.75, 3.05) is 5.75 Å². The Morgan fingerprint density at radius 2 is 2.00 bits per heavy atom. The summed E-state index contributed by atoms with van der Waals surface area (Å²) in [6.07, 6.45) is 5.71. The second kappa shape index (κ2) is 6.18. The lowest BCUT2D eigenvalue weighted by molar-refractivity contribution is 0.599. The van der Waals surface area contributed by atoms with E-state index < -0.39 is 9.84 Å². The molecule has 0 unspecified atom stereocenters. The van der Waals surface area contributed by atoms with E-state index in [1.54, 1.807) is 42.6 Å². The number of hydrogen-bond donors (Lipinski definition) is 0. The Morgan fingerprint density at radius 3 is 2.70 bits per heavy atom. The van der Waals surface area contributed by atoms with Crippen LogP contribution in [0.2, 0.25) is 0 Å². The topological polar surface area (TPSA) is 47.0 Å². The van der Waals surface area contributed by atoms with E-state index in [0.29, 0.717) is 11.1 Å². The van der Waals surface area contributed by atoms with Gasteiger partial charge in [-0.1, -0.05) is 30.0 Å². The first kappa shape index (κ1) is 14.0. The molecule has 4 heteroatoms. The third-order valence-corrected chi connectivity index (χ3v) is 4.20. The van der Waals surface area contributed by atoms with Gasteiger partial charge >= 0.3 is 0 Å². The Hall–Kier alpha value is -2.38. The van der Waals surface area contributed by atoms with E-state index in [-0.39, 0.29) is 10.6 Å². The Kier molecular flexibility index (Phi) is 4.34. The Bertz CT molecular complexity index is 769. The summed E-state index contributed by atoms with van der Waals surface area (Å²) in [5.41, 5.74) is 1.08. The first-order valence-corrected chi connectivity index (χ1v) is 7.56. The van der Waals surface area contributed by atoms with Crippen molar-refractivity contribution in [3.8, 4) is 11.8 Å². The molecule has 20 heavy (non-hydrogen) atoms. The lowest BCUT2D eigenvalue weighted by Gasteiger charge is -2.03. The fourth-order valence-corrected chi connectivity index (χ4v) is 2.85. The van der Waals surface area contributed by atoms with Crippen molar-refractivity contribution in [2.24, 2.45) is 0 Å². The average molecular weight is 282 g/mol. The van der Waals surface area contributed by atoms with Crippen LogP contribution in [0.1, 0.15) is 11.1 Å². The molecule has 0 aliphatic carbocycles. The van der Waals surface area contributed by atoms with Gasteiger partial charge in [-0.2, -0.15) is 0 Å². The summed E-state index contributed by atoms with van der Waals surface area (Å²) in [5, 5.41) is 0. The summed E-state index contributed by atoms with van der Waals surface area (Å²) in [4.78, 5) is 4.06. The molecule has 0 spiro atoms. The van der Waals surface area contributed by atoms with Crippen molar-refractivity contribution < 1.29 is 8.42 Å². The molecule has 0 fully saturated rings. The number of benzene rings is 1. The maximum Gasteiger partial charge on any atom is 0.183 e. The van der Waals surface area contributed by atoms with Crippen LogP contribution in [0.25, 0.3) is 0 Å². The SMILES string of the molecule is C=CCS(=O)(=O)c1ccccc1C#Cc1[c]nccc1. The van der Waals surface area contributed by atoms with E-state index in [1.807, 2.05) is 0 Å². The molecule has 0 saturated heterocycles. The second-order valence-electron chi connectivity index (χ2n) is 3.98. The van der Waals surface area contributed by atoms with Crippen LogP contribution in [0.15, 0.2) is 60.1 Å². The molecule has 0 amide bonds. The van der Waals surface area contributed by atoms with E-state index in [9.17, 15) is 8.42 Å². The van der Waals surface area contributed by atoms with Crippen LogP contribution in [-0.2, 0) is 9.84 Å². The van der Waals surface area contributed by atoms with Gasteiger partial charge in [0, 0.05) is 11.8 Å². The largest absolute Gasteiger partial charge is 0.253 e. The molecule has 99 valence electrons. The van der Waals surface area contributed by atoms with Gasteiger partial charge in [-0.25, -0.2) is 8.42 Å². The molecule has 3 nitrogen and oxygen atoms in total. The Labute approximate surface area is 118 Å². The summed E-state index contributed by atoms with van der Waals surface area (Å²) in [5.74, 6) is 5.61. The molecule has 2 rings (SSSR count). The van der Waals surface area contributed by atoms with Gasteiger partial charge < -0.3 is 0 Å². The normalized spacial score (nSPS) is 10.4. The van der Waals surface area contributed by atoms with Crippen molar-refractivity contribution in [1.82, 2.24) is 4.98 Å². The molecule has 0 aliphatic rings. The minimum atomic E-state index is -3.39. The molecule has 1 radical (unpaired) electrons. The van der Waals surface area contributed by atoms with Crippen LogP contribution in [0, 0.1) is 18.0 Å². The number of nitrogens with zero attached hydrogens (tertiary/aromatic N) is 1. The van der Waals surface area contributed by atoms with Crippen LogP contribution in [-0.4, -0.2) is 19.2 Å². The molecule has 0 N–H and O–H groups in total. The summed E-state index contributed by atoms with van der Waals surface area (Å²) in [6.45, 7) is 3.47. The highest BCUT2D eigenvalue weighted by Gasteiger charge is 2.15. The minimum absolute atomic E-state index is 0.106. The summed E-state index contributed by atoms with van der Waals surface area (Å²) < 4.78 is 24.2. The highest BCUT2D eigenvalue weighted by Crippen LogP contribution is 2.16. The van der Waals surface area contributed by atoms with Gasteiger partial charge in [0.25, 0.3) is 0 Å². The molecule has 0 aliphatic heterocycles. The van der Waals surface area contributed by atoms with Gasteiger partial charge in [0.1, 0.15) is 6.20 Å². The monoisotopic (exact) mass is 282 g/mol. The number of rotatable bonds is 3. The zero-order valence-electron chi connectivity index (χ0n) is 10.7. The highest BCUT2D eigenvalue weighted by atomic mass is 32.2. The number of sulfone groups is 1. The molecular weight excluding hydrogens is 270 g/mol. The van der Waals surface area contributed by atoms with Gasteiger partial charge in [-0.15, -0.1) is 6.58 Å². The predicted molar refractivity (Wildman–Crippen MR) is 77.7 cm³/mol. The van der Waals surface area contributed by atoms with E-state index in [0.717, 1.165) is 0 Å². The third kappa shape index (κ3) is 3.34. The van der Waals surface area contributed by atoms with E-state index in [1.165, 1.54) is 6.08 Å². The van der Waals surface area contributed by atoms with Gasteiger partial charge in [0.15, 0.2) is 9.84 Å². The Balaban J connectivity index is 2.45. The number of aromatic nitrogens is 1. The van der Waals surface area contributed by atoms with E-state index in [4.69, 9.17) is 0 Å². The maximum atomic E-state index is 12.1. The quantitative estimate of drug-likeness (QED) is 0.641. The van der Waals surface area contributed by atoms with Gasteiger partial charge in [0.05, 0.1) is 16.2 Å².